The van der Waals surface area contributed by atoms with E-state index in [2.05, 4.69) is 42.4 Å². The highest BCUT2D eigenvalue weighted by atomic mass is 32.1. The molecule has 1 aliphatic carbocycles. The zero-order valence-electron chi connectivity index (χ0n) is 16.0. The van der Waals surface area contributed by atoms with Crippen LogP contribution < -0.4 is 5.32 Å². The molecule has 0 saturated heterocycles. The van der Waals surface area contributed by atoms with Crippen LogP contribution in [0.1, 0.15) is 60.1 Å². The van der Waals surface area contributed by atoms with E-state index in [1.54, 1.807) is 11.3 Å². The van der Waals surface area contributed by atoms with Gasteiger partial charge in [-0.15, -0.1) is 11.3 Å². The topological polar surface area (TPSA) is 62.7 Å². The van der Waals surface area contributed by atoms with Crippen molar-refractivity contribution in [2.24, 2.45) is 11.3 Å². The quantitative estimate of drug-likeness (QED) is 0.752. The summed E-state index contributed by atoms with van der Waals surface area (Å²) < 4.78 is 2.59. The minimum Gasteiger partial charge on any atom is -0.351 e. The van der Waals surface area contributed by atoms with Crippen molar-refractivity contribution in [1.29, 1.82) is 0 Å². The van der Waals surface area contributed by atoms with Crippen LogP contribution in [0.15, 0.2) is 6.07 Å². The predicted octanol–water partition coefficient (Wildman–Crippen LogP) is 4.15. The van der Waals surface area contributed by atoms with E-state index in [-0.39, 0.29) is 5.91 Å². The van der Waals surface area contributed by atoms with E-state index < -0.39 is 0 Å². The molecule has 1 atom stereocenters. The first-order chi connectivity index (χ1) is 12.3. The third-order valence-corrected chi connectivity index (χ3v) is 6.87. The highest BCUT2D eigenvalue weighted by Crippen LogP contribution is 2.40. The fourth-order valence-corrected chi connectivity index (χ4v) is 5.02. The largest absolute Gasteiger partial charge is 0.351 e. The van der Waals surface area contributed by atoms with Crippen molar-refractivity contribution in [3.8, 4) is 0 Å². The maximum Gasteiger partial charge on any atom is 0.261 e. The van der Waals surface area contributed by atoms with E-state index in [0.717, 1.165) is 30.1 Å². The lowest BCUT2D eigenvalue weighted by Crippen LogP contribution is -2.26. The van der Waals surface area contributed by atoms with Crippen molar-refractivity contribution < 1.29 is 4.79 Å². The number of hydrogen-bond acceptors (Lipinski definition) is 4. The third kappa shape index (κ3) is 4.09. The maximum atomic E-state index is 12.5. The second kappa shape index (κ2) is 7.64. The molecule has 0 saturated carbocycles. The Kier molecular flexibility index (Phi) is 5.67. The number of H-pyrrole nitrogens is 1. The number of hydrogen-bond donors (Lipinski definition) is 2. The van der Waals surface area contributed by atoms with Gasteiger partial charge in [-0.3, -0.25) is 9.89 Å². The first-order valence-electron chi connectivity index (χ1n) is 9.33. The number of aromatic amines is 1. The Morgan fingerprint density at radius 2 is 2.27 bits per heavy atom. The average Bonchev–Trinajstić information content (AvgIpc) is 3.16. The average molecular weight is 393 g/mol. The van der Waals surface area contributed by atoms with Crippen molar-refractivity contribution in [3.63, 3.8) is 0 Å². The molecule has 7 heteroatoms. The van der Waals surface area contributed by atoms with Crippen LogP contribution in [0.25, 0.3) is 0 Å². The van der Waals surface area contributed by atoms with Gasteiger partial charge in [0.05, 0.1) is 4.88 Å². The van der Waals surface area contributed by atoms with Crippen LogP contribution in [-0.2, 0) is 25.8 Å². The fourth-order valence-electron chi connectivity index (χ4n) is 3.62. The van der Waals surface area contributed by atoms with Crippen molar-refractivity contribution in [1.82, 2.24) is 20.1 Å². The number of nitrogens with zero attached hydrogens (tertiary/aromatic N) is 2. The monoisotopic (exact) mass is 392 g/mol. The van der Waals surface area contributed by atoms with Crippen LogP contribution in [0, 0.1) is 16.1 Å². The minimum absolute atomic E-state index is 0.0221. The summed E-state index contributed by atoms with van der Waals surface area (Å²) in [6.45, 7) is 10.3. The van der Waals surface area contributed by atoms with Gasteiger partial charge in [0.25, 0.3) is 5.91 Å². The molecule has 0 aromatic carbocycles. The summed E-state index contributed by atoms with van der Waals surface area (Å²) in [6, 6.07) is 2.11. The molecule has 0 spiro atoms. The normalized spacial score (nSPS) is 17.2. The van der Waals surface area contributed by atoms with Gasteiger partial charge in [0.2, 0.25) is 0 Å². The van der Waals surface area contributed by atoms with Gasteiger partial charge in [0.15, 0.2) is 4.77 Å². The molecule has 0 fully saturated rings. The molecular weight excluding hydrogens is 364 g/mol. The zero-order valence-corrected chi connectivity index (χ0v) is 17.6. The highest BCUT2D eigenvalue weighted by molar-refractivity contribution is 7.71. The molecule has 1 amide bonds. The molecule has 2 aromatic rings. The van der Waals surface area contributed by atoms with Crippen molar-refractivity contribution in [2.45, 2.75) is 59.9 Å². The van der Waals surface area contributed by atoms with E-state index in [1.807, 2.05) is 11.5 Å². The van der Waals surface area contributed by atoms with E-state index in [4.69, 9.17) is 12.2 Å². The van der Waals surface area contributed by atoms with Gasteiger partial charge < -0.3 is 9.88 Å². The number of nitrogens with one attached hydrogen (secondary N) is 2. The third-order valence-electron chi connectivity index (χ3n) is 5.32. The van der Waals surface area contributed by atoms with Gasteiger partial charge in [-0.2, -0.15) is 5.10 Å². The van der Waals surface area contributed by atoms with E-state index in [1.165, 1.54) is 16.9 Å². The number of carbonyl (C=O) groups is 1. The number of fused-ring (bicyclic) bond motifs is 1. The Balaban J connectivity index is 1.59. The van der Waals surface area contributed by atoms with Gasteiger partial charge >= 0.3 is 0 Å². The lowest BCUT2D eigenvalue weighted by Gasteiger charge is -2.33. The van der Waals surface area contributed by atoms with E-state index >= 15 is 0 Å². The van der Waals surface area contributed by atoms with Gasteiger partial charge in [0.1, 0.15) is 5.82 Å². The van der Waals surface area contributed by atoms with Gasteiger partial charge in [-0.05, 0) is 61.4 Å². The SMILES string of the molecule is CCn1c(CCNC(=O)c2cc3c(s2)CCC(C(C)(C)C)C3)n[nH]c1=S. The Hall–Kier alpha value is -1.47. The standard InChI is InChI=1S/C19H28N4OS2/c1-5-23-16(21-22-18(23)25)8-9-20-17(24)15-11-12-10-13(19(2,3)4)6-7-14(12)26-15/h11,13H,5-10H2,1-4H3,(H,20,24)(H,22,25). The highest BCUT2D eigenvalue weighted by Gasteiger charge is 2.30. The van der Waals surface area contributed by atoms with E-state index in [0.29, 0.717) is 29.1 Å². The zero-order chi connectivity index (χ0) is 18.9. The number of aryl methyl sites for hydroxylation is 1. The second-order valence-corrected chi connectivity index (χ2v) is 9.58. The summed E-state index contributed by atoms with van der Waals surface area (Å²) in [7, 11) is 0. The molecule has 2 aromatic heterocycles. The van der Waals surface area contributed by atoms with Crippen molar-refractivity contribution in [2.75, 3.05) is 6.54 Å². The molecule has 26 heavy (non-hydrogen) atoms. The summed E-state index contributed by atoms with van der Waals surface area (Å²) in [5.41, 5.74) is 1.70. The smallest absolute Gasteiger partial charge is 0.261 e. The molecule has 0 radical (unpaired) electrons. The summed E-state index contributed by atoms with van der Waals surface area (Å²) in [5, 5.41) is 10.1. The van der Waals surface area contributed by atoms with Crippen LogP contribution in [0.5, 0.6) is 0 Å². The molecule has 2 heterocycles. The predicted molar refractivity (Wildman–Crippen MR) is 108 cm³/mol. The number of rotatable bonds is 5. The molecular formula is C19H28N4OS2. The Bertz CT molecular complexity index is 841. The summed E-state index contributed by atoms with van der Waals surface area (Å²) in [4.78, 5) is 14.8. The molecule has 2 N–H and O–H groups in total. The summed E-state index contributed by atoms with van der Waals surface area (Å²) >= 11 is 6.85. The van der Waals surface area contributed by atoms with Gasteiger partial charge in [-0.1, -0.05) is 20.8 Å². The molecule has 0 aliphatic heterocycles. The van der Waals surface area contributed by atoms with Crippen molar-refractivity contribution in [3.05, 3.63) is 32.0 Å². The molecule has 3 rings (SSSR count). The molecule has 0 bridgehead atoms. The van der Waals surface area contributed by atoms with Crippen LogP contribution in [0.4, 0.5) is 0 Å². The van der Waals surface area contributed by atoms with Crippen LogP contribution in [0.3, 0.4) is 0 Å². The Labute approximate surface area is 164 Å². The van der Waals surface area contributed by atoms with Gasteiger partial charge in [0, 0.05) is 24.4 Å². The lowest BCUT2D eigenvalue weighted by atomic mass is 9.72. The van der Waals surface area contributed by atoms with Crippen LogP contribution >= 0.6 is 23.6 Å². The molecule has 1 unspecified atom stereocenters. The minimum atomic E-state index is 0.0221. The van der Waals surface area contributed by atoms with Crippen LogP contribution in [-0.4, -0.2) is 27.2 Å². The Morgan fingerprint density at radius 1 is 1.50 bits per heavy atom. The number of aromatic nitrogens is 3. The molecule has 5 nitrogen and oxygen atoms in total. The van der Waals surface area contributed by atoms with Gasteiger partial charge in [-0.25, -0.2) is 0 Å². The molecule has 142 valence electrons. The maximum absolute atomic E-state index is 12.5. The summed E-state index contributed by atoms with van der Waals surface area (Å²) in [5.74, 6) is 1.60. The number of amides is 1. The fraction of sp³-hybridized carbons (Fsp3) is 0.632. The Morgan fingerprint density at radius 3 is 2.96 bits per heavy atom. The van der Waals surface area contributed by atoms with Crippen molar-refractivity contribution >= 4 is 29.5 Å². The first-order valence-corrected chi connectivity index (χ1v) is 10.6. The van der Waals surface area contributed by atoms with Crippen LogP contribution in [0.2, 0.25) is 0 Å². The number of carbonyl (C=O) groups excluding carboxylic acids is 1. The lowest BCUT2D eigenvalue weighted by molar-refractivity contribution is 0.0958. The number of thiophene rings is 1. The van der Waals surface area contributed by atoms with E-state index in [9.17, 15) is 4.79 Å². The second-order valence-electron chi connectivity index (χ2n) is 8.06. The summed E-state index contributed by atoms with van der Waals surface area (Å²) in [6.07, 6.45) is 4.08. The molecule has 1 aliphatic rings. The first kappa shape index (κ1) is 19.3.